The van der Waals surface area contributed by atoms with E-state index in [4.69, 9.17) is 14.2 Å². The number of carbonyl (C=O) groups excluding carboxylic acids is 3. The van der Waals surface area contributed by atoms with Gasteiger partial charge in [-0.3, -0.25) is 14.4 Å². The highest BCUT2D eigenvalue weighted by molar-refractivity contribution is 5.71. The third kappa shape index (κ3) is 68.7. The maximum atomic E-state index is 13.0. The smallest absolute Gasteiger partial charge is 0.306 e. The molecule has 0 bridgehead atoms. The van der Waals surface area contributed by atoms with E-state index in [1.54, 1.807) is 0 Å². The van der Waals surface area contributed by atoms with Crippen LogP contribution in [0.15, 0.2) is 109 Å². The average Bonchev–Trinajstić information content (AvgIpc) is 3.49. The second kappa shape index (κ2) is 70.6. The summed E-state index contributed by atoms with van der Waals surface area (Å²) in [4.78, 5) is 38.5. The van der Waals surface area contributed by atoms with E-state index in [2.05, 4.69) is 130 Å². The van der Waals surface area contributed by atoms with E-state index < -0.39 is 6.10 Å². The maximum absolute atomic E-state index is 13.0. The quantitative estimate of drug-likeness (QED) is 0.0261. The Balaban J connectivity index is 4.39. The molecule has 6 heteroatoms. The van der Waals surface area contributed by atoms with Gasteiger partial charge in [0, 0.05) is 19.3 Å². The summed E-state index contributed by atoms with van der Waals surface area (Å²) in [5, 5.41) is 0. The molecule has 0 aromatic carbocycles. The molecule has 0 aliphatic rings. The molecule has 0 fully saturated rings. The first-order valence-electron chi connectivity index (χ1n) is 35.4. The van der Waals surface area contributed by atoms with Crippen LogP contribution in [0, 0.1) is 0 Å². The van der Waals surface area contributed by atoms with Crippen LogP contribution in [-0.2, 0) is 28.6 Å². The Morgan fingerprint density at radius 1 is 0.253 bits per heavy atom. The minimum absolute atomic E-state index is 0.0809. The van der Waals surface area contributed by atoms with Crippen LogP contribution in [0.25, 0.3) is 0 Å². The monoisotopic (exact) mass is 1150 g/mol. The molecule has 0 aromatic heterocycles. The van der Waals surface area contributed by atoms with Crippen molar-refractivity contribution in [2.75, 3.05) is 13.2 Å². The zero-order chi connectivity index (χ0) is 59.9. The molecule has 0 aliphatic carbocycles. The predicted molar refractivity (Wildman–Crippen MR) is 362 cm³/mol. The van der Waals surface area contributed by atoms with E-state index in [0.717, 1.165) is 109 Å². The van der Waals surface area contributed by atoms with Crippen molar-refractivity contribution < 1.29 is 28.6 Å². The van der Waals surface area contributed by atoms with Crippen LogP contribution in [0.3, 0.4) is 0 Å². The summed E-state index contributed by atoms with van der Waals surface area (Å²) in [5.74, 6) is -0.876. The highest BCUT2D eigenvalue weighted by atomic mass is 16.6. The molecule has 476 valence electrons. The summed E-state index contributed by atoms with van der Waals surface area (Å²) in [6.45, 7) is 6.45. The summed E-state index contributed by atoms with van der Waals surface area (Å²) in [5.41, 5.74) is 0. The van der Waals surface area contributed by atoms with Crippen molar-refractivity contribution in [3.8, 4) is 0 Å². The Labute approximate surface area is 514 Å². The van der Waals surface area contributed by atoms with Gasteiger partial charge < -0.3 is 14.2 Å². The third-order valence-electron chi connectivity index (χ3n) is 15.2. The van der Waals surface area contributed by atoms with Crippen molar-refractivity contribution in [1.82, 2.24) is 0 Å². The van der Waals surface area contributed by atoms with Crippen molar-refractivity contribution in [2.24, 2.45) is 0 Å². The fraction of sp³-hybridized carbons (Fsp3) is 0.727. The van der Waals surface area contributed by atoms with E-state index >= 15 is 0 Å². The Kier molecular flexibility index (Phi) is 67.2. The number of allylic oxidation sites excluding steroid dienone is 18. The van der Waals surface area contributed by atoms with Crippen molar-refractivity contribution in [1.29, 1.82) is 0 Å². The normalized spacial score (nSPS) is 12.8. The van der Waals surface area contributed by atoms with Gasteiger partial charge in [0.25, 0.3) is 0 Å². The molecular formula is C77H132O6. The van der Waals surface area contributed by atoms with Crippen LogP contribution in [0.4, 0.5) is 0 Å². The van der Waals surface area contributed by atoms with E-state index in [-0.39, 0.29) is 31.1 Å². The van der Waals surface area contributed by atoms with Gasteiger partial charge in [0.05, 0.1) is 0 Å². The molecule has 0 N–H and O–H groups in total. The fourth-order valence-corrected chi connectivity index (χ4v) is 10.0. The molecule has 0 spiro atoms. The Bertz CT molecular complexity index is 1660. The first-order valence-corrected chi connectivity index (χ1v) is 35.4. The van der Waals surface area contributed by atoms with Crippen molar-refractivity contribution in [2.45, 2.75) is 348 Å². The summed E-state index contributed by atoms with van der Waals surface area (Å²) < 4.78 is 17.0. The average molecular weight is 1150 g/mol. The van der Waals surface area contributed by atoms with Gasteiger partial charge in [-0.05, 0) is 122 Å². The molecule has 0 aromatic rings. The lowest BCUT2D eigenvalue weighted by Crippen LogP contribution is -2.30. The zero-order valence-corrected chi connectivity index (χ0v) is 54.7. The molecule has 1 unspecified atom stereocenters. The molecule has 0 heterocycles. The number of rotatable bonds is 64. The first-order chi connectivity index (χ1) is 41.0. The molecule has 6 nitrogen and oxygen atoms in total. The molecule has 0 saturated heterocycles. The lowest BCUT2D eigenvalue weighted by molar-refractivity contribution is -0.167. The molecule has 83 heavy (non-hydrogen) atoms. The predicted octanol–water partition coefficient (Wildman–Crippen LogP) is 24.6. The van der Waals surface area contributed by atoms with Gasteiger partial charge >= 0.3 is 17.9 Å². The summed E-state index contributed by atoms with van der Waals surface area (Å²) in [6, 6.07) is 0. The van der Waals surface area contributed by atoms with E-state index in [1.807, 2.05) is 0 Å². The zero-order valence-electron chi connectivity index (χ0n) is 54.7. The van der Waals surface area contributed by atoms with Crippen molar-refractivity contribution >= 4 is 17.9 Å². The maximum Gasteiger partial charge on any atom is 0.306 e. The van der Waals surface area contributed by atoms with Crippen molar-refractivity contribution in [3.05, 3.63) is 109 Å². The fourth-order valence-electron chi connectivity index (χ4n) is 10.0. The van der Waals surface area contributed by atoms with Crippen LogP contribution >= 0.6 is 0 Å². The number of esters is 3. The van der Waals surface area contributed by atoms with Gasteiger partial charge in [-0.25, -0.2) is 0 Å². The van der Waals surface area contributed by atoms with Crippen LogP contribution in [0.2, 0.25) is 0 Å². The highest BCUT2D eigenvalue weighted by Gasteiger charge is 2.19. The second-order valence-electron chi connectivity index (χ2n) is 23.4. The molecule has 0 aliphatic heterocycles. The van der Waals surface area contributed by atoms with Crippen LogP contribution in [0.1, 0.15) is 342 Å². The van der Waals surface area contributed by atoms with Gasteiger partial charge in [0.2, 0.25) is 0 Å². The standard InChI is InChI=1S/C77H132O6/c1-4-7-10-13-16-19-22-25-28-31-34-36-38-40-43-46-49-52-55-58-61-64-67-70-76(79)82-73-74(72-81-75(78)69-66-63-60-57-54-51-48-45-42-33-30-27-24-21-18-15-12-9-6-3)83-77(80)71-68-65-62-59-56-53-50-47-44-41-39-37-35-32-29-26-23-20-17-14-11-8-5-2/h7-8,10-11,16-17,19-20,25-30,34-37,74H,4-6,9,12-15,18,21-24,31-33,38-73H2,1-3H3/b10-7-,11-8-,19-16-,20-17-,28-25-,29-26-,30-27-,36-34-,37-35-. The van der Waals surface area contributed by atoms with Crippen LogP contribution in [0.5, 0.6) is 0 Å². The van der Waals surface area contributed by atoms with Gasteiger partial charge in [-0.1, -0.05) is 310 Å². The van der Waals surface area contributed by atoms with Crippen LogP contribution < -0.4 is 0 Å². The summed E-state index contributed by atoms with van der Waals surface area (Å²) >= 11 is 0. The third-order valence-corrected chi connectivity index (χ3v) is 15.2. The lowest BCUT2D eigenvalue weighted by Gasteiger charge is -2.18. The van der Waals surface area contributed by atoms with Gasteiger partial charge in [0.15, 0.2) is 6.10 Å². The molecule has 0 amide bonds. The SMILES string of the molecule is CC/C=C\C/C=C\C/C=C\C/C=C\CCCCCCCCCCCCC(=O)OCC(COC(=O)CCCCCCCCCCC/C=C\CCCCCCCC)OC(=O)CCCCCCCCCCCC/C=C\C/C=C\C/C=C\C/C=C\CC. The number of carbonyl (C=O) groups is 3. The molecule has 0 rings (SSSR count). The number of ether oxygens (including phenoxy) is 3. The van der Waals surface area contributed by atoms with E-state index in [0.29, 0.717) is 19.3 Å². The largest absolute Gasteiger partial charge is 0.462 e. The number of hydrogen-bond donors (Lipinski definition) is 0. The van der Waals surface area contributed by atoms with Gasteiger partial charge in [-0.15, -0.1) is 0 Å². The molecule has 0 radical (unpaired) electrons. The van der Waals surface area contributed by atoms with Gasteiger partial charge in [-0.2, -0.15) is 0 Å². The lowest BCUT2D eigenvalue weighted by atomic mass is 10.0. The minimum atomic E-state index is -0.787. The van der Waals surface area contributed by atoms with Gasteiger partial charge in [0.1, 0.15) is 13.2 Å². The van der Waals surface area contributed by atoms with E-state index in [9.17, 15) is 14.4 Å². The summed E-state index contributed by atoms with van der Waals surface area (Å²) in [6.07, 6.45) is 96.7. The molecular weight excluding hydrogens is 1020 g/mol. The van der Waals surface area contributed by atoms with Crippen LogP contribution in [-0.4, -0.2) is 37.2 Å². The first kappa shape index (κ1) is 79.1. The Hall–Kier alpha value is -3.93. The number of unbranched alkanes of at least 4 members (excludes halogenated alkanes) is 35. The Morgan fingerprint density at radius 3 is 0.747 bits per heavy atom. The second-order valence-corrected chi connectivity index (χ2v) is 23.4. The summed E-state index contributed by atoms with van der Waals surface area (Å²) in [7, 11) is 0. The minimum Gasteiger partial charge on any atom is -0.462 e. The Morgan fingerprint density at radius 2 is 0.470 bits per heavy atom. The molecule has 0 saturated carbocycles. The van der Waals surface area contributed by atoms with Crippen molar-refractivity contribution in [3.63, 3.8) is 0 Å². The number of hydrogen-bond acceptors (Lipinski definition) is 6. The highest BCUT2D eigenvalue weighted by Crippen LogP contribution is 2.17. The topological polar surface area (TPSA) is 78.9 Å². The van der Waals surface area contributed by atoms with E-state index in [1.165, 1.54) is 193 Å². The molecule has 1 atom stereocenters.